The molecule has 3 heterocycles. The van der Waals surface area contributed by atoms with Crippen LogP contribution in [0, 0.1) is 5.41 Å². The average molecular weight is 613 g/mol. The minimum absolute atomic E-state index is 0.0400. The summed E-state index contributed by atoms with van der Waals surface area (Å²) in [5, 5.41) is 2.11. The number of aromatic nitrogens is 2. The minimum atomic E-state index is -0.0400. The topological polar surface area (TPSA) is 48.2 Å². The molecule has 7 aromatic rings. The lowest BCUT2D eigenvalue weighted by Crippen LogP contribution is -2.21. The van der Waals surface area contributed by atoms with Gasteiger partial charge in [0.25, 0.3) is 0 Å². The summed E-state index contributed by atoms with van der Waals surface area (Å²) in [5.41, 5.74) is 12.9. The zero-order valence-electron chi connectivity index (χ0n) is 27.0. The van der Waals surface area contributed by atoms with Gasteiger partial charge in [-0.25, -0.2) is 4.98 Å². The fraction of sp³-hybridized carbons (Fsp3) is 0.209. The van der Waals surface area contributed by atoms with E-state index in [0.717, 1.165) is 75.9 Å². The summed E-state index contributed by atoms with van der Waals surface area (Å²) >= 11 is 0. The zero-order valence-corrected chi connectivity index (χ0v) is 27.0. The second kappa shape index (κ2) is 10.4. The van der Waals surface area contributed by atoms with Crippen LogP contribution in [0.2, 0.25) is 0 Å². The molecule has 0 aliphatic heterocycles. The van der Waals surface area contributed by atoms with Crippen LogP contribution in [-0.2, 0) is 31.1 Å². The van der Waals surface area contributed by atoms with Crippen LogP contribution in [0.5, 0.6) is 11.6 Å². The molecule has 9 rings (SSSR count). The van der Waals surface area contributed by atoms with Gasteiger partial charge in [-0.3, -0.25) is 4.98 Å². The van der Waals surface area contributed by atoms with Crippen LogP contribution in [0.25, 0.3) is 44.5 Å². The second-order valence-corrected chi connectivity index (χ2v) is 14.5. The SMILES string of the molecule is CC(C)(C)c1cc(Oc2cccc(-c3nccc4oc5c6c(ccc5c34)CC3(Cc4ccccc4C3)C6)n2)cc(-c2ccccc2)c1. The van der Waals surface area contributed by atoms with Crippen molar-refractivity contribution in [1.29, 1.82) is 0 Å². The Kier molecular flexibility index (Phi) is 6.20. The van der Waals surface area contributed by atoms with Gasteiger partial charge in [0, 0.05) is 17.6 Å². The van der Waals surface area contributed by atoms with E-state index >= 15 is 0 Å². The Morgan fingerprint density at radius 2 is 1.47 bits per heavy atom. The highest BCUT2D eigenvalue weighted by atomic mass is 16.5. The molecule has 0 bridgehead atoms. The van der Waals surface area contributed by atoms with Gasteiger partial charge in [-0.1, -0.05) is 99.6 Å². The summed E-state index contributed by atoms with van der Waals surface area (Å²) in [4.78, 5) is 9.86. The number of hydrogen-bond donors (Lipinski definition) is 0. The first-order valence-corrected chi connectivity index (χ1v) is 16.6. The lowest BCUT2D eigenvalue weighted by Gasteiger charge is -2.21. The van der Waals surface area contributed by atoms with E-state index in [0.29, 0.717) is 5.88 Å². The van der Waals surface area contributed by atoms with Crippen molar-refractivity contribution in [3.05, 3.63) is 143 Å². The van der Waals surface area contributed by atoms with Crippen LogP contribution in [-0.4, -0.2) is 9.97 Å². The van der Waals surface area contributed by atoms with Crippen LogP contribution < -0.4 is 4.74 Å². The summed E-state index contributed by atoms with van der Waals surface area (Å²) in [7, 11) is 0. The van der Waals surface area contributed by atoms with Crippen LogP contribution in [0.4, 0.5) is 0 Å². The molecule has 1 spiro atoms. The van der Waals surface area contributed by atoms with E-state index in [9.17, 15) is 0 Å². The molecular formula is C43H36N2O2. The highest BCUT2D eigenvalue weighted by molar-refractivity contribution is 6.12. The molecule has 0 N–H and O–H groups in total. The molecule has 4 nitrogen and oxygen atoms in total. The van der Waals surface area contributed by atoms with Gasteiger partial charge < -0.3 is 9.15 Å². The first kappa shape index (κ1) is 28.0. The van der Waals surface area contributed by atoms with E-state index in [2.05, 4.69) is 99.6 Å². The molecule has 47 heavy (non-hydrogen) atoms. The number of benzene rings is 4. The lowest BCUT2D eigenvalue weighted by molar-refractivity contribution is 0.326. The highest BCUT2D eigenvalue weighted by Gasteiger charge is 2.43. The van der Waals surface area contributed by atoms with Gasteiger partial charge in [-0.2, -0.15) is 0 Å². The van der Waals surface area contributed by atoms with Gasteiger partial charge in [0.05, 0.1) is 11.1 Å². The average Bonchev–Trinajstić information content (AvgIpc) is 3.76. The number of furan rings is 1. The molecule has 0 saturated heterocycles. The number of fused-ring (bicyclic) bond motifs is 6. The molecule has 0 amide bonds. The van der Waals surface area contributed by atoms with E-state index in [4.69, 9.17) is 19.1 Å². The van der Waals surface area contributed by atoms with Crippen LogP contribution >= 0.6 is 0 Å². The van der Waals surface area contributed by atoms with Gasteiger partial charge in [0.1, 0.15) is 22.6 Å². The molecule has 0 unspecified atom stereocenters. The molecular weight excluding hydrogens is 576 g/mol. The molecule has 4 heteroatoms. The van der Waals surface area contributed by atoms with Crippen LogP contribution in [0.15, 0.2) is 120 Å². The van der Waals surface area contributed by atoms with Gasteiger partial charge in [0.15, 0.2) is 0 Å². The third-order valence-corrected chi connectivity index (χ3v) is 10.2. The fourth-order valence-electron chi connectivity index (χ4n) is 7.91. The molecule has 2 aliphatic rings. The van der Waals surface area contributed by atoms with Crippen molar-refractivity contribution >= 4 is 21.9 Å². The van der Waals surface area contributed by atoms with E-state index in [1.165, 1.54) is 27.8 Å². The maximum atomic E-state index is 6.66. The Morgan fingerprint density at radius 1 is 0.702 bits per heavy atom. The molecule has 0 saturated carbocycles. The number of hydrogen-bond acceptors (Lipinski definition) is 4. The Morgan fingerprint density at radius 3 is 2.26 bits per heavy atom. The smallest absolute Gasteiger partial charge is 0.219 e. The predicted octanol–water partition coefficient (Wildman–Crippen LogP) is 10.7. The number of nitrogens with zero attached hydrogens (tertiary/aromatic N) is 2. The molecule has 230 valence electrons. The summed E-state index contributed by atoms with van der Waals surface area (Å²) in [6.07, 6.45) is 6.22. The number of pyridine rings is 2. The van der Waals surface area contributed by atoms with E-state index in [1.54, 1.807) is 0 Å². The van der Waals surface area contributed by atoms with E-state index in [1.807, 2.05) is 36.5 Å². The second-order valence-electron chi connectivity index (χ2n) is 14.5. The molecule has 0 radical (unpaired) electrons. The number of rotatable bonds is 4. The Balaban J connectivity index is 1.08. The number of ether oxygens (including phenoxy) is 1. The molecule has 3 aromatic heterocycles. The third kappa shape index (κ3) is 4.82. The maximum Gasteiger partial charge on any atom is 0.219 e. The summed E-state index contributed by atoms with van der Waals surface area (Å²) < 4.78 is 13.2. The standard InChI is InChI=1S/C43H36N2O2/c1-42(2,3)32-20-31(27-10-5-4-6-11-27)21-33(22-32)46-38-15-9-14-36(45-38)40-39-34-17-16-30-25-43(23-28-12-7-8-13-29(28)24-43)26-35(30)41(34)47-37(39)18-19-44-40/h4-22H,23-26H2,1-3H3. The minimum Gasteiger partial charge on any atom is -0.456 e. The monoisotopic (exact) mass is 612 g/mol. The molecule has 4 aromatic carbocycles. The Hall–Kier alpha value is -5.22. The zero-order chi connectivity index (χ0) is 31.8. The molecule has 2 aliphatic carbocycles. The van der Waals surface area contributed by atoms with Crippen molar-refractivity contribution in [2.45, 2.75) is 51.9 Å². The predicted molar refractivity (Wildman–Crippen MR) is 189 cm³/mol. The lowest BCUT2D eigenvalue weighted by atomic mass is 9.82. The van der Waals surface area contributed by atoms with Gasteiger partial charge >= 0.3 is 0 Å². The normalized spacial score (nSPS) is 15.0. The van der Waals surface area contributed by atoms with Crippen molar-refractivity contribution in [3.63, 3.8) is 0 Å². The summed E-state index contributed by atoms with van der Waals surface area (Å²) in [6, 6.07) is 38.3. The largest absolute Gasteiger partial charge is 0.456 e. The fourth-order valence-corrected chi connectivity index (χ4v) is 7.91. The van der Waals surface area contributed by atoms with Crippen LogP contribution in [0.3, 0.4) is 0 Å². The van der Waals surface area contributed by atoms with E-state index < -0.39 is 0 Å². The van der Waals surface area contributed by atoms with Gasteiger partial charge in [0.2, 0.25) is 5.88 Å². The third-order valence-electron chi connectivity index (χ3n) is 10.2. The first-order valence-electron chi connectivity index (χ1n) is 16.6. The van der Waals surface area contributed by atoms with Crippen molar-refractivity contribution in [1.82, 2.24) is 9.97 Å². The summed E-state index contributed by atoms with van der Waals surface area (Å²) in [6.45, 7) is 6.68. The van der Waals surface area contributed by atoms with E-state index in [-0.39, 0.29) is 10.8 Å². The van der Waals surface area contributed by atoms with Crippen molar-refractivity contribution in [2.24, 2.45) is 5.41 Å². The summed E-state index contributed by atoms with van der Waals surface area (Å²) in [5.74, 6) is 1.29. The Labute approximate surface area is 275 Å². The quantitative estimate of drug-likeness (QED) is 0.198. The molecule has 0 fully saturated rings. The highest BCUT2D eigenvalue weighted by Crippen LogP contribution is 2.50. The van der Waals surface area contributed by atoms with Crippen LogP contribution in [0.1, 0.15) is 48.6 Å². The van der Waals surface area contributed by atoms with Crippen molar-refractivity contribution in [3.8, 4) is 34.1 Å². The molecule has 0 atom stereocenters. The van der Waals surface area contributed by atoms with Gasteiger partial charge in [-0.15, -0.1) is 0 Å². The van der Waals surface area contributed by atoms with Crippen molar-refractivity contribution in [2.75, 3.05) is 0 Å². The maximum absolute atomic E-state index is 6.66. The van der Waals surface area contributed by atoms with Gasteiger partial charge in [-0.05, 0) is 99.7 Å². The first-order chi connectivity index (χ1) is 22.8. The Bertz CT molecular complexity index is 2300. The van der Waals surface area contributed by atoms with Crippen molar-refractivity contribution < 1.29 is 9.15 Å².